The van der Waals surface area contributed by atoms with E-state index in [1.54, 1.807) is 80.4 Å². The van der Waals surface area contributed by atoms with Gasteiger partial charge in [0.05, 0.1) is 17.0 Å². The van der Waals surface area contributed by atoms with Crippen LogP contribution in [0.4, 0.5) is 5.69 Å². The number of nitrogens with zero attached hydrogens (tertiary/aromatic N) is 3. The number of hydrogen-bond donors (Lipinski definition) is 2. The Bertz CT molecular complexity index is 1500. The summed E-state index contributed by atoms with van der Waals surface area (Å²) in [6.45, 7) is 6.46. The zero-order valence-corrected chi connectivity index (χ0v) is 23.6. The number of rotatable bonds is 6. The minimum atomic E-state index is -2.08. The molecule has 0 unspecified atom stereocenters. The van der Waals surface area contributed by atoms with E-state index in [-0.39, 0.29) is 5.69 Å². The van der Waals surface area contributed by atoms with Crippen LogP contribution in [-0.2, 0) is 14.3 Å². The number of ether oxygens (including phenoxy) is 1. The molecule has 0 radical (unpaired) electrons. The van der Waals surface area contributed by atoms with Gasteiger partial charge in [-0.2, -0.15) is 5.01 Å². The summed E-state index contributed by atoms with van der Waals surface area (Å²) in [4.78, 5) is 52.1. The van der Waals surface area contributed by atoms with Crippen LogP contribution in [0, 0.1) is 16.0 Å². The number of nitro groups is 1. The molecule has 0 aromatic heterocycles. The van der Waals surface area contributed by atoms with Crippen LogP contribution < -0.4 is 5.32 Å². The lowest BCUT2D eigenvalue weighted by atomic mass is 9.84. The highest BCUT2D eigenvalue weighted by molar-refractivity contribution is 5.98. The van der Waals surface area contributed by atoms with Crippen LogP contribution in [0.3, 0.4) is 0 Å². The van der Waals surface area contributed by atoms with E-state index in [9.17, 15) is 29.6 Å². The first kappa shape index (κ1) is 28.9. The van der Waals surface area contributed by atoms with Crippen molar-refractivity contribution in [1.29, 1.82) is 0 Å². The molecule has 5 rings (SSSR count). The van der Waals surface area contributed by atoms with E-state index in [0.717, 1.165) is 5.01 Å². The number of aliphatic hydroxyl groups is 1. The van der Waals surface area contributed by atoms with Gasteiger partial charge in [0.1, 0.15) is 17.6 Å². The van der Waals surface area contributed by atoms with E-state index in [2.05, 4.69) is 5.32 Å². The van der Waals surface area contributed by atoms with E-state index in [0.29, 0.717) is 16.7 Å². The van der Waals surface area contributed by atoms with Crippen LogP contribution >= 0.6 is 0 Å². The molecule has 0 bridgehead atoms. The van der Waals surface area contributed by atoms with Gasteiger partial charge >= 0.3 is 5.97 Å². The third kappa shape index (κ3) is 5.12. The molecule has 0 aliphatic carbocycles. The first-order valence-corrected chi connectivity index (χ1v) is 13.5. The monoisotopic (exact) mass is 572 g/mol. The van der Waals surface area contributed by atoms with Gasteiger partial charge in [-0.25, -0.2) is 5.01 Å². The second-order valence-corrected chi connectivity index (χ2v) is 11.6. The summed E-state index contributed by atoms with van der Waals surface area (Å²) < 4.78 is 5.72. The molecule has 3 aromatic rings. The SMILES string of the molecule is CC(C)(C)OC(=O)[C@H]1[C@H](c2ccc([N+](=O)[O-])cc2)N2[C@H](c3ccccc3)[C@@H](NC(=O)c3ccccc3)C(=O)N2[C@@]1(C)O. The molecule has 2 amide bonds. The largest absolute Gasteiger partial charge is 0.460 e. The van der Waals surface area contributed by atoms with Crippen molar-refractivity contribution in [3.63, 3.8) is 0 Å². The topological polar surface area (TPSA) is 142 Å². The first-order chi connectivity index (χ1) is 19.8. The molecule has 5 atom stereocenters. The zero-order valence-electron chi connectivity index (χ0n) is 23.6. The summed E-state index contributed by atoms with van der Waals surface area (Å²) in [7, 11) is 0. The highest BCUT2D eigenvalue weighted by atomic mass is 16.6. The van der Waals surface area contributed by atoms with E-state index < -0.39 is 58.1 Å². The van der Waals surface area contributed by atoms with Gasteiger partial charge in [-0.15, -0.1) is 0 Å². The molecule has 2 saturated heterocycles. The van der Waals surface area contributed by atoms with Crippen molar-refractivity contribution < 1.29 is 29.2 Å². The predicted molar refractivity (Wildman–Crippen MR) is 151 cm³/mol. The van der Waals surface area contributed by atoms with Crippen LogP contribution in [0.25, 0.3) is 0 Å². The van der Waals surface area contributed by atoms with Gasteiger partial charge in [0, 0.05) is 17.7 Å². The smallest absolute Gasteiger partial charge is 0.316 e. The molecule has 2 N–H and O–H groups in total. The fourth-order valence-electron chi connectivity index (χ4n) is 5.80. The van der Waals surface area contributed by atoms with Crippen molar-refractivity contribution in [3.8, 4) is 0 Å². The lowest BCUT2D eigenvalue weighted by Gasteiger charge is -2.33. The Labute approximate surface area is 242 Å². The maximum atomic E-state index is 14.2. The molecule has 2 fully saturated rings. The minimum Gasteiger partial charge on any atom is -0.460 e. The number of carbonyl (C=O) groups excluding carboxylic acids is 3. The third-order valence-electron chi connectivity index (χ3n) is 7.50. The lowest BCUT2D eigenvalue weighted by molar-refractivity contribution is -0.384. The fraction of sp³-hybridized carbons (Fsp3) is 0.323. The van der Waals surface area contributed by atoms with Crippen LogP contribution in [0.15, 0.2) is 84.9 Å². The van der Waals surface area contributed by atoms with Gasteiger partial charge < -0.3 is 15.2 Å². The number of non-ortho nitro benzene ring substituents is 1. The summed E-state index contributed by atoms with van der Waals surface area (Å²) in [6, 6.07) is 20.1. The number of esters is 1. The number of hydrogen-bond acceptors (Lipinski definition) is 8. The van der Waals surface area contributed by atoms with Gasteiger partial charge in [-0.05, 0) is 51.0 Å². The fourth-order valence-corrected chi connectivity index (χ4v) is 5.80. The predicted octanol–water partition coefficient (Wildman–Crippen LogP) is 3.92. The molecular formula is C31H32N4O7. The number of amides is 2. The summed E-state index contributed by atoms with van der Waals surface area (Å²) in [5.74, 6) is -3.13. The quantitative estimate of drug-likeness (QED) is 0.257. The normalized spacial score (nSPS) is 25.6. The Morgan fingerprint density at radius 3 is 2.02 bits per heavy atom. The number of benzene rings is 3. The van der Waals surface area contributed by atoms with E-state index in [1.807, 2.05) is 6.07 Å². The van der Waals surface area contributed by atoms with Crippen molar-refractivity contribution in [3.05, 3.63) is 112 Å². The number of nitrogens with one attached hydrogen (secondary N) is 1. The minimum absolute atomic E-state index is 0.153. The molecule has 42 heavy (non-hydrogen) atoms. The van der Waals surface area contributed by atoms with Crippen LogP contribution in [0.5, 0.6) is 0 Å². The Morgan fingerprint density at radius 1 is 0.929 bits per heavy atom. The van der Waals surface area contributed by atoms with Gasteiger partial charge in [-0.1, -0.05) is 60.7 Å². The molecule has 0 saturated carbocycles. The molecule has 11 heteroatoms. The van der Waals surface area contributed by atoms with Crippen molar-refractivity contribution in [2.24, 2.45) is 5.92 Å². The summed E-state index contributed by atoms with van der Waals surface area (Å²) in [5.41, 5.74) is -1.68. The summed E-state index contributed by atoms with van der Waals surface area (Å²) in [5, 5.41) is 29.0. The lowest BCUT2D eigenvalue weighted by Crippen LogP contribution is -2.54. The second kappa shape index (κ2) is 10.7. The van der Waals surface area contributed by atoms with Gasteiger partial charge in [0.2, 0.25) is 0 Å². The number of hydrazine groups is 1. The Balaban J connectivity index is 1.67. The maximum absolute atomic E-state index is 14.2. The highest BCUT2D eigenvalue weighted by Crippen LogP contribution is 2.55. The number of nitro benzene ring substituents is 1. The van der Waals surface area contributed by atoms with Crippen molar-refractivity contribution in [2.45, 2.75) is 57.1 Å². The Morgan fingerprint density at radius 2 is 1.48 bits per heavy atom. The molecular weight excluding hydrogens is 540 g/mol. The van der Waals surface area contributed by atoms with Gasteiger partial charge in [-0.3, -0.25) is 24.5 Å². The van der Waals surface area contributed by atoms with Gasteiger partial charge in [0.15, 0.2) is 5.72 Å². The van der Waals surface area contributed by atoms with E-state index >= 15 is 0 Å². The molecule has 2 aliphatic rings. The molecule has 0 spiro atoms. The molecule has 2 heterocycles. The molecule has 218 valence electrons. The van der Waals surface area contributed by atoms with Crippen LogP contribution in [0.2, 0.25) is 0 Å². The molecule has 2 aliphatic heterocycles. The van der Waals surface area contributed by atoms with E-state index in [1.165, 1.54) is 31.2 Å². The first-order valence-electron chi connectivity index (χ1n) is 13.5. The van der Waals surface area contributed by atoms with Gasteiger partial charge in [0.25, 0.3) is 17.5 Å². The average molecular weight is 573 g/mol. The highest BCUT2D eigenvalue weighted by Gasteiger charge is 2.68. The zero-order chi connectivity index (χ0) is 30.4. The number of carbonyl (C=O) groups is 3. The third-order valence-corrected chi connectivity index (χ3v) is 7.50. The molecule has 3 aromatic carbocycles. The maximum Gasteiger partial charge on any atom is 0.316 e. The molecule has 11 nitrogen and oxygen atoms in total. The van der Waals surface area contributed by atoms with Crippen LogP contribution in [-0.4, -0.2) is 55.2 Å². The Kier molecular flexibility index (Phi) is 7.33. The second-order valence-electron chi connectivity index (χ2n) is 11.6. The summed E-state index contributed by atoms with van der Waals surface area (Å²) >= 11 is 0. The average Bonchev–Trinajstić information content (AvgIpc) is 3.36. The number of fused-ring (bicyclic) bond motifs is 1. The van der Waals surface area contributed by atoms with Crippen molar-refractivity contribution >= 4 is 23.5 Å². The Hall–Kier alpha value is -4.61. The van der Waals surface area contributed by atoms with Crippen LogP contribution in [0.1, 0.15) is 61.3 Å². The van der Waals surface area contributed by atoms with E-state index in [4.69, 9.17) is 4.74 Å². The van der Waals surface area contributed by atoms with Crippen molar-refractivity contribution in [1.82, 2.24) is 15.3 Å². The summed E-state index contributed by atoms with van der Waals surface area (Å²) in [6.07, 6.45) is 0. The standard InChI is InChI=1S/C31H32N4O7/c1-30(2,3)42-29(38)23-25(20-15-17-22(18-16-20)35(40)41)33-26(19-11-7-5-8-12-19)24(28(37)34(33)31(23,4)39)32-27(36)21-13-9-6-10-14-21/h5-18,23-26,39H,1-4H3,(H,32,36)/t23-,24-,25+,26-,31+/m1/s1. The van der Waals surface area contributed by atoms with Crippen molar-refractivity contribution in [2.75, 3.05) is 0 Å².